The van der Waals surface area contributed by atoms with E-state index in [9.17, 15) is 0 Å². The van der Waals surface area contributed by atoms with Crippen LogP contribution in [0.25, 0.3) is 11.0 Å². The molecule has 1 N–H and O–H groups in total. The lowest BCUT2D eigenvalue weighted by Crippen LogP contribution is -2.17. The molecule has 3 aromatic rings. The van der Waals surface area contributed by atoms with Crippen LogP contribution in [0.3, 0.4) is 0 Å². The Hall–Kier alpha value is -2.07. The van der Waals surface area contributed by atoms with Crippen molar-refractivity contribution in [2.45, 2.75) is 19.5 Å². The summed E-state index contributed by atoms with van der Waals surface area (Å²) in [4.78, 5) is 0. The monoisotopic (exact) mass is 255 g/mol. The summed E-state index contributed by atoms with van der Waals surface area (Å²) in [6.45, 7) is 2.89. The van der Waals surface area contributed by atoms with Gasteiger partial charge >= 0.3 is 0 Å². The van der Waals surface area contributed by atoms with E-state index in [2.05, 4.69) is 29.5 Å². The minimum absolute atomic E-state index is 0.174. The van der Waals surface area contributed by atoms with Crippen molar-refractivity contribution in [2.24, 2.45) is 7.05 Å². The van der Waals surface area contributed by atoms with Gasteiger partial charge in [-0.2, -0.15) is 5.10 Å². The van der Waals surface area contributed by atoms with Crippen molar-refractivity contribution in [2.75, 3.05) is 0 Å². The number of aryl methyl sites for hydroxylation is 1. The Bertz CT molecular complexity index is 650. The molecule has 0 aliphatic rings. The normalized spacial score (nSPS) is 12.9. The zero-order valence-electron chi connectivity index (χ0n) is 11.1. The third-order valence-electron chi connectivity index (χ3n) is 3.24. The largest absolute Gasteiger partial charge is 0.459 e. The van der Waals surface area contributed by atoms with Crippen LogP contribution in [0, 0.1) is 0 Å². The van der Waals surface area contributed by atoms with Crippen molar-refractivity contribution in [1.82, 2.24) is 15.1 Å². The molecular weight excluding hydrogens is 238 g/mol. The second kappa shape index (κ2) is 4.90. The van der Waals surface area contributed by atoms with Crippen LogP contribution in [-0.4, -0.2) is 9.78 Å². The molecule has 0 amide bonds. The highest BCUT2D eigenvalue weighted by Crippen LogP contribution is 2.23. The van der Waals surface area contributed by atoms with Gasteiger partial charge < -0.3 is 9.73 Å². The van der Waals surface area contributed by atoms with Gasteiger partial charge in [0.05, 0.1) is 12.2 Å². The van der Waals surface area contributed by atoms with Crippen LogP contribution < -0.4 is 5.32 Å². The molecular formula is C15H17N3O. The molecule has 1 aromatic carbocycles. The third-order valence-corrected chi connectivity index (χ3v) is 3.24. The van der Waals surface area contributed by atoms with Crippen molar-refractivity contribution in [3.8, 4) is 0 Å². The van der Waals surface area contributed by atoms with Gasteiger partial charge in [0.1, 0.15) is 11.3 Å². The van der Waals surface area contributed by atoms with Gasteiger partial charge in [0.25, 0.3) is 0 Å². The molecule has 1 atom stereocenters. The van der Waals surface area contributed by atoms with E-state index in [4.69, 9.17) is 4.42 Å². The fraction of sp³-hybridized carbons (Fsp3) is 0.267. The molecule has 0 saturated carbocycles. The third kappa shape index (κ3) is 2.53. The van der Waals surface area contributed by atoms with Crippen molar-refractivity contribution < 1.29 is 4.42 Å². The average molecular weight is 255 g/mol. The summed E-state index contributed by atoms with van der Waals surface area (Å²) in [7, 11) is 1.92. The number of hydrogen-bond acceptors (Lipinski definition) is 3. The number of para-hydroxylation sites is 1. The fourth-order valence-electron chi connectivity index (χ4n) is 2.15. The van der Waals surface area contributed by atoms with Gasteiger partial charge in [0, 0.05) is 30.7 Å². The van der Waals surface area contributed by atoms with E-state index in [0.29, 0.717) is 0 Å². The molecule has 2 aromatic heterocycles. The first kappa shape index (κ1) is 12.0. The first-order valence-electron chi connectivity index (χ1n) is 6.42. The zero-order chi connectivity index (χ0) is 13.2. The molecule has 0 radical (unpaired) electrons. The topological polar surface area (TPSA) is 43.0 Å². The van der Waals surface area contributed by atoms with Crippen LogP contribution in [0.4, 0.5) is 0 Å². The van der Waals surface area contributed by atoms with Gasteiger partial charge in [-0.15, -0.1) is 0 Å². The molecule has 98 valence electrons. The van der Waals surface area contributed by atoms with Crippen molar-refractivity contribution in [3.63, 3.8) is 0 Å². The van der Waals surface area contributed by atoms with Crippen LogP contribution in [0.15, 0.2) is 47.1 Å². The number of nitrogens with one attached hydrogen (secondary N) is 1. The molecule has 19 heavy (non-hydrogen) atoms. The highest BCUT2D eigenvalue weighted by atomic mass is 16.3. The Morgan fingerprint density at radius 1 is 1.37 bits per heavy atom. The number of aromatic nitrogens is 2. The lowest BCUT2D eigenvalue weighted by molar-refractivity contribution is 0.451. The number of rotatable bonds is 4. The van der Waals surface area contributed by atoms with E-state index < -0.39 is 0 Å². The van der Waals surface area contributed by atoms with Crippen molar-refractivity contribution in [3.05, 3.63) is 54.0 Å². The molecule has 4 heteroatoms. The van der Waals surface area contributed by atoms with E-state index in [1.54, 1.807) is 0 Å². The summed E-state index contributed by atoms with van der Waals surface area (Å²) in [5.41, 5.74) is 2.11. The standard InChI is InChI=1S/C15H17N3O/c1-11(16-8-12-9-17-18(2)10-12)15-7-13-5-3-4-6-14(13)19-15/h3-7,9-11,16H,8H2,1-2H3. The molecule has 4 nitrogen and oxygen atoms in total. The Kier molecular flexibility index (Phi) is 3.09. The minimum Gasteiger partial charge on any atom is -0.459 e. The molecule has 2 heterocycles. The lowest BCUT2D eigenvalue weighted by atomic mass is 10.2. The maximum Gasteiger partial charge on any atom is 0.134 e. The van der Waals surface area contributed by atoms with E-state index in [0.717, 1.165) is 23.3 Å². The van der Waals surface area contributed by atoms with Crippen LogP contribution in [0.2, 0.25) is 0 Å². The minimum atomic E-state index is 0.174. The predicted octanol–water partition coefficient (Wildman–Crippen LogP) is 3.02. The van der Waals surface area contributed by atoms with E-state index >= 15 is 0 Å². The summed E-state index contributed by atoms with van der Waals surface area (Å²) >= 11 is 0. The van der Waals surface area contributed by atoms with Crippen LogP contribution in [0.1, 0.15) is 24.3 Å². The van der Waals surface area contributed by atoms with E-state index in [1.807, 2.05) is 42.3 Å². The Labute approximate surface area is 112 Å². The summed E-state index contributed by atoms with van der Waals surface area (Å²) in [5, 5.41) is 8.74. The van der Waals surface area contributed by atoms with Crippen LogP contribution >= 0.6 is 0 Å². The first-order chi connectivity index (χ1) is 9.22. The van der Waals surface area contributed by atoms with Crippen molar-refractivity contribution >= 4 is 11.0 Å². The molecule has 0 aliphatic carbocycles. The van der Waals surface area contributed by atoms with Crippen LogP contribution in [0.5, 0.6) is 0 Å². The second-order valence-corrected chi connectivity index (χ2v) is 4.81. The van der Waals surface area contributed by atoms with Gasteiger partial charge in [-0.1, -0.05) is 18.2 Å². The second-order valence-electron chi connectivity index (χ2n) is 4.81. The zero-order valence-corrected chi connectivity index (χ0v) is 11.1. The summed E-state index contributed by atoms with van der Waals surface area (Å²) in [6, 6.07) is 10.3. The van der Waals surface area contributed by atoms with Gasteiger partial charge in [-0.25, -0.2) is 0 Å². The quantitative estimate of drug-likeness (QED) is 0.779. The van der Waals surface area contributed by atoms with Gasteiger partial charge in [-0.05, 0) is 19.1 Å². The molecule has 0 saturated heterocycles. The number of furan rings is 1. The average Bonchev–Trinajstić information content (AvgIpc) is 3.01. The number of hydrogen-bond donors (Lipinski definition) is 1. The maximum atomic E-state index is 5.84. The number of nitrogens with zero attached hydrogens (tertiary/aromatic N) is 2. The highest BCUT2D eigenvalue weighted by molar-refractivity contribution is 5.77. The first-order valence-corrected chi connectivity index (χ1v) is 6.42. The van der Waals surface area contributed by atoms with E-state index in [-0.39, 0.29) is 6.04 Å². The molecule has 3 rings (SSSR count). The summed E-state index contributed by atoms with van der Waals surface area (Å²) in [6.07, 6.45) is 3.89. The Balaban J connectivity index is 1.71. The summed E-state index contributed by atoms with van der Waals surface area (Å²) in [5.74, 6) is 0.963. The highest BCUT2D eigenvalue weighted by Gasteiger charge is 2.11. The number of fused-ring (bicyclic) bond motifs is 1. The van der Waals surface area contributed by atoms with Gasteiger partial charge in [0.2, 0.25) is 0 Å². The van der Waals surface area contributed by atoms with Gasteiger partial charge in [-0.3, -0.25) is 4.68 Å². The lowest BCUT2D eigenvalue weighted by Gasteiger charge is -2.09. The molecule has 0 aliphatic heterocycles. The van der Waals surface area contributed by atoms with Gasteiger partial charge in [0.15, 0.2) is 0 Å². The summed E-state index contributed by atoms with van der Waals surface area (Å²) < 4.78 is 7.65. The predicted molar refractivity (Wildman–Crippen MR) is 74.7 cm³/mol. The number of benzene rings is 1. The molecule has 0 fully saturated rings. The molecule has 1 unspecified atom stereocenters. The maximum absolute atomic E-state index is 5.84. The fourth-order valence-corrected chi connectivity index (χ4v) is 2.15. The SMILES string of the molecule is CC(NCc1cnn(C)c1)c1cc2ccccc2o1. The van der Waals surface area contributed by atoms with Crippen LogP contribution in [-0.2, 0) is 13.6 Å². The smallest absolute Gasteiger partial charge is 0.134 e. The Morgan fingerprint density at radius 3 is 2.95 bits per heavy atom. The van der Waals surface area contributed by atoms with E-state index in [1.165, 1.54) is 5.56 Å². The molecule has 0 spiro atoms. The molecule has 0 bridgehead atoms. The Morgan fingerprint density at radius 2 is 2.21 bits per heavy atom. The van der Waals surface area contributed by atoms with Crippen molar-refractivity contribution in [1.29, 1.82) is 0 Å².